The summed E-state index contributed by atoms with van der Waals surface area (Å²) < 4.78 is 57.5. The molecule has 0 radical (unpaired) electrons. The molecule has 0 atom stereocenters. The van der Waals surface area contributed by atoms with Gasteiger partial charge in [-0.05, 0) is 55.4 Å². The molecular formula is C16H34F6NiP2+2. The van der Waals surface area contributed by atoms with Crippen molar-refractivity contribution in [1.29, 1.82) is 0 Å². The summed E-state index contributed by atoms with van der Waals surface area (Å²) in [5.41, 5.74) is 3.81. The second kappa shape index (κ2) is 19.7. The summed E-state index contributed by atoms with van der Waals surface area (Å²) in [5, 5.41) is 0. The number of hydrogen-bond acceptors (Lipinski definition) is 0. The molecule has 0 bridgehead atoms. The summed E-state index contributed by atoms with van der Waals surface area (Å²) in [6.07, 6.45) is 3.12. The maximum Gasteiger partial charge on any atom is 2.00 e. The molecule has 25 heavy (non-hydrogen) atoms. The fourth-order valence-corrected chi connectivity index (χ4v) is 10.1. The molecule has 0 aliphatic carbocycles. The molecule has 0 heterocycles. The molecule has 0 fully saturated rings. The predicted molar refractivity (Wildman–Crippen MR) is 100 cm³/mol. The van der Waals surface area contributed by atoms with Crippen molar-refractivity contribution >= 4 is 15.8 Å². The molecule has 0 spiro atoms. The molecular weight excluding hydrogens is 427 g/mol. The van der Waals surface area contributed by atoms with E-state index in [-0.39, 0.29) is 32.3 Å². The average Bonchev–Trinajstić information content (AvgIpc) is 2.30. The minimum absolute atomic E-state index is 0. The Morgan fingerprint density at radius 2 is 0.640 bits per heavy atom. The maximum absolute atomic E-state index is 9.58. The van der Waals surface area contributed by atoms with Gasteiger partial charge in [0.1, 0.15) is 0 Å². The van der Waals surface area contributed by atoms with E-state index in [1.54, 1.807) is 12.3 Å². The molecule has 0 rings (SSSR count). The molecule has 158 valence electrons. The summed E-state index contributed by atoms with van der Waals surface area (Å²) in [4.78, 5) is 0. The Kier molecular flexibility index (Phi) is 26.4. The van der Waals surface area contributed by atoms with Crippen LogP contribution >= 0.6 is 15.8 Å². The van der Waals surface area contributed by atoms with Crippen molar-refractivity contribution in [3.8, 4) is 0 Å². The molecule has 0 aliphatic heterocycles. The zero-order chi connectivity index (χ0) is 20.0. The van der Waals surface area contributed by atoms with E-state index in [4.69, 9.17) is 0 Å². The zero-order valence-electron chi connectivity index (χ0n) is 16.3. The van der Waals surface area contributed by atoms with Crippen LogP contribution in [-0.4, -0.2) is 35.0 Å². The Balaban J connectivity index is -0.000000205. The first-order chi connectivity index (χ1) is 10.7. The summed E-state index contributed by atoms with van der Waals surface area (Å²) in [5.74, 6) is 0. The maximum atomic E-state index is 9.58. The molecule has 0 nitrogen and oxygen atoms in total. The predicted octanol–water partition coefficient (Wildman–Crippen LogP) is 7.73. The van der Waals surface area contributed by atoms with Crippen LogP contribution in [0, 0.1) is 13.4 Å². The molecule has 9 heteroatoms. The van der Waals surface area contributed by atoms with Gasteiger partial charge in [0.15, 0.2) is 13.4 Å². The molecule has 0 aliphatic rings. The Morgan fingerprint density at radius 3 is 0.720 bits per heavy atom. The first-order valence-corrected chi connectivity index (χ1v) is 11.8. The second-order valence-electron chi connectivity index (χ2n) is 6.70. The quantitative estimate of drug-likeness (QED) is 0.158. The van der Waals surface area contributed by atoms with Crippen molar-refractivity contribution in [2.75, 3.05) is 12.3 Å². The molecule has 0 saturated carbocycles. The van der Waals surface area contributed by atoms with Crippen LogP contribution in [0.2, 0.25) is 0 Å². The van der Waals surface area contributed by atoms with Gasteiger partial charge in [-0.2, -0.15) is 0 Å². The van der Waals surface area contributed by atoms with E-state index < -0.39 is 13.4 Å². The van der Waals surface area contributed by atoms with Gasteiger partial charge in [0.05, 0.1) is 35.0 Å². The van der Waals surface area contributed by atoms with Crippen LogP contribution in [0.5, 0.6) is 0 Å². The smallest absolute Gasteiger partial charge is 0.385 e. The molecule has 0 aromatic heterocycles. The minimum atomic E-state index is -3.08. The van der Waals surface area contributed by atoms with Crippen molar-refractivity contribution in [3.63, 3.8) is 0 Å². The summed E-state index contributed by atoms with van der Waals surface area (Å²) in [6.45, 7) is 13.3. The molecule has 0 amide bonds. The zero-order valence-corrected chi connectivity index (χ0v) is 19.3. The third kappa shape index (κ3) is 27.3. The van der Waals surface area contributed by atoms with E-state index in [1.165, 1.54) is 0 Å². The first-order valence-electron chi connectivity index (χ1n) is 8.11. The summed E-state index contributed by atoms with van der Waals surface area (Å²) in [7, 11) is -0.229. The van der Waals surface area contributed by atoms with Crippen molar-refractivity contribution in [2.24, 2.45) is 0 Å². The third-order valence-electron chi connectivity index (χ3n) is 3.67. The number of hydrogen-bond donors (Lipinski definition) is 0. The second-order valence-corrected chi connectivity index (χ2v) is 14.6. The van der Waals surface area contributed by atoms with E-state index in [2.05, 4.69) is 55.4 Å². The van der Waals surface area contributed by atoms with Gasteiger partial charge in [0.2, 0.25) is 0 Å². The van der Waals surface area contributed by atoms with E-state index >= 15 is 0 Å². The van der Waals surface area contributed by atoms with Gasteiger partial charge in [0.25, 0.3) is 0 Å². The first kappa shape index (κ1) is 33.5. The van der Waals surface area contributed by atoms with Crippen LogP contribution in [-0.2, 0) is 16.5 Å². The topological polar surface area (TPSA) is 0 Å². The van der Waals surface area contributed by atoms with Gasteiger partial charge in [-0.3, -0.25) is 0 Å². The molecule has 0 aromatic rings. The third-order valence-corrected chi connectivity index (χ3v) is 11.8. The van der Waals surface area contributed by atoms with Crippen LogP contribution < -0.4 is 0 Å². The van der Waals surface area contributed by atoms with E-state index in [1.807, 2.05) is 0 Å². The van der Waals surface area contributed by atoms with Crippen LogP contribution in [0.3, 0.4) is 0 Å². The normalized spacial score (nSPS) is 11.3. The van der Waals surface area contributed by atoms with Gasteiger partial charge in [-0.1, -0.05) is 0 Å². The Labute approximate surface area is 162 Å². The van der Waals surface area contributed by atoms with Gasteiger partial charge in [0, 0.05) is 15.8 Å². The largest absolute Gasteiger partial charge is 2.00 e. The fraction of sp³-hybridized carbons (Fsp3) is 0.875. The molecule has 0 unspecified atom stereocenters. The number of halogens is 6. The van der Waals surface area contributed by atoms with Crippen molar-refractivity contribution in [1.82, 2.24) is 0 Å². The van der Waals surface area contributed by atoms with Crippen LogP contribution in [0.15, 0.2) is 0 Å². The van der Waals surface area contributed by atoms with Crippen molar-refractivity contribution in [2.45, 2.75) is 78.0 Å². The van der Waals surface area contributed by atoms with Crippen LogP contribution in [0.25, 0.3) is 0 Å². The van der Waals surface area contributed by atoms with E-state index in [9.17, 15) is 26.3 Å². The molecule has 0 saturated heterocycles. The van der Waals surface area contributed by atoms with Gasteiger partial charge in [-0.25, -0.2) is 0 Å². The Morgan fingerprint density at radius 1 is 0.520 bits per heavy atom. The average molecular weight is 461 g/mol. The van der Waals surface area contributed by atoms with E-state index in [0.29, 0.717) is 0 Å². The Hall–Kier alpha value is 0.934. The SMILES string of the molecule is CC(C)[PH+](CC[PH+](C(C)C)C(C)C)C(C)C.F[C-](F)F.F[C-](F)F.[Ni+2]. The van der Waals surface area contributed by atoms with E-state index in [0.717, 1.165) is 22.6 Å². The summed E-state index contributed by atoms with van der Waals surface area (Å²) >= 11 is 0. The molecule has 0 aromatic carbocycles. The molecule has 0 N–H and O–H groups in total. The van der Waals surface area contributed by atoms with Crippen molar-refractivity contribution < 1.29 is 42.8 Å². The van der Waals surface area contributed by atoms with Crippen molar-refractivity contribution in [3.05, 3.63) is 13.4 Å². The summed E-state index contributed by atoms with van der Waals surface area (Å²) in [6, 6.07) is 0. The van der Waals surface area contributed by atoms with Crippen LogP contribution in [0.4, 0.5) is 26.3 Å². The standard InChI is InChI=1S/C14H32P2.2CF3.Ni/c1-11(2)15(12(3)4)9-10-16(13(5)6)14(7)8;2*2-1(3)4;/h11-14H,9-10H2,1-8H3;;;/q;2*-1;+2/p+2. The number of rotatable bonds is 7. The minimum Gasteiger partial charge on any atom is -0.385 e. The van der Waals surface area contributed by atoms with Gasteiger partial charge >= 0.3 is 16.5 Å². The van der Waals surface area contributed by atoms with Crippen LogP contribution in [0.1, 0.15) is 55.4 Å². The van der Waals surface area contributed by atoms with Gasteiger partial charge in [-0.15, -0.1) is 0 Å². The Bertz CT molecular complexity index is 219. The fourth-order valence-electron chi connectivity index (χ4n) is 2.78. The monoisotopic (exact) mass is 460 g/mol. The van der Waals surface area contributed by atoms with Gasteiger partial charge < -0.3 is 26.3 Å².